The zero-order chi connectivity index (χ0) is 30.8. The molecule has 0 aliphatic heterocycles. The van der Waals surface area contributed by atoms with E-state index >= 15 is 0 Å². The van der Waals surface area contributed by atoms with Gasteiger partial charge in [-0.3, -0.25) is 4.79 Å². The van der Waals surface area contributed by atoms with Gasteiger partial charge in [-0.2, -0.15) is 0 Å². The number of carbonyl (C=O) groups is 1. The van der Waals surface area contributed by atoms with Crippen molar-refractivity contribution in [3.8, 4) is 0 Å². The van der Waals surface area contributed by atoms with Crippen LogP contribution in [0.3, 0.4) is 0 Å². The molecule has 0 spiro atoms. The fraction of sp³-hybridized carbons (Fsp3) is 0.970. The van der Waals surface area contributed by atoms with Gasteiger partial charge >= 0.3 is 5.97 Å². The molecular formula is C33H64O5Si3. The van der Waals surface area contributed by atoms with Crippen molar-refractivity contribution >= 4 is 30.9 Å². The van der Waals surface area contributed by atoms with Gasteiger partial charge in [-0.15, -0.1) is 0 Å². The zero-order valence-corrected chi connectivity index (χ0v) is 31.6. The highest BCUT2D eigenvalue weighted by molar-refractivity contribution is 6.70. The van der Waals surface area contributed by atoms with E-state index in [4.69, 9.17) is 13.3 Å². The van der Waals surface area contributed by atoms with Crippen LogP contribution in [0.1, 0.15) is 78.6 Å². The Labute approximate surface area is 255 Å². The third-order valence-electron chi connectivity index (χ3n) is 11.8. The largest absolute Gasteiger partial charge is 0.481 e. The minimum atomic E-state index is -1.80. The summed E-state index contributed by atoms with van der Waals surface area (Å²) in [4.78, 5) is 11.5. The summed E-state index contributed by atoms with van der Waals surface area (Å²) in [5, 5.41) is 9.48. The van der Waals surface area contributed by atoms with Gasteiger partial charge in [0.2, 0.25) is 0 Å². The van der Waals surface area contributed by atoms with E-state index in [0.29, 0.717) is 53.1 Å². The summed E-state index contributed by atoms with van der Waals surface area (Å²) in [6.07, 6.45) is 10.4. The summed E-state index contributed by atoms with van der Waals surface area (Å²) in [6.45, 7) is 28.7. The molecule has 8 heteroatoms. The van der Waals surface area contributed by atoms with Crippen LogP contribution < -0.4 is 0 Å². The second-order valence-electron chi connectivity index (χ2n) is 18.0. The Bertz CT molecular complexity index is 939. The summed E-state index contributed by atoms with van der Waals surface area (Å²) < 4.78 is 21.3. The van der Waals surface area contributed by atoms with E-state index in [1.54, 1.807) is 0 Å². The first-order valence-electron chi connectivity index (χ1n) is 16.9. The van der Waals surface area contributed by atoms with E-state index in [1.165, 1.54) is 38.5 Å². The normalized spacial score (nSPS) is 42.2. The molecule has 4 rings (SSSR count). The molecule has 4 aliphatic rings. The lowest BCUT2D eigenvalue weighted by Crippen LogP contribution is -2.64. The Morgan fingerprint density at radius 1 is 0.829 bits per heavy atom. The summed E-state index contributed by atoms with van der Waals surface area (Å²) in [5.41, 5.74) is 0.375. The van der Waals surface area contributed by atoms with Crippen LogP contribution in [0.15, 0.2) is 0 Å². The number of carboxylic acids is 1. The zero-order valence-electron chi connectivity index (χ0n) is 28.6. The monoisotopic (exact) mass is 624 g/mol. The van der Waals surface area contributed by atoms with Crippen molar-refractivity contribution in [3.63, 3.8) is 0 Å². The number of carboxylic acid groups (broad SMARTS) is 1. The van der Waals surface area contributed by atoms with Gasteiger partial charge in [0.05, 0.1) is 6.10 Å². The molecule has 0 aromatic heterocycles. The average Bonchev–Trinajstić information content (AvgIpc) is 3.14. The van der Waals surface area contributed by atoms with Gasteiger partial charge in [0.25, 0.3) is 0 Å². The van der Waals surface area contributed by atoms with Crippen LogP contribution in [-0.2, 0) is 18.1 Å². The van der Waals surface area contributed by atoms with E-state index in [1.807, 2.05) is 0 Å². The first kappa shape index (κ1) is 33.9. The molecule has 0 aromatic rings. The molecule has 4 aliphatic carbocycles. The molecule has 0 radical (unpaired) electrons. The van der Waals surface area contributed by atoms with Crippen LogP contribution >= 0.6 is 0 Å². The molecule has 4 fully saturated rings. The van der Waals surface area contributed by atoms with Crippen molar-refractivity contribution in [1.29, 1.82) is 0 Å². The predicted octanol–water partition coefficient (Wildman–Crippen LogP) is 9.03. The molecule has 0 amide bonds. The van der Waals surface area contributed by atoms with E-state index in [-0.39, 0.29) is 17.9 Å². The first-order chi connectivity index (χ1) is 18.6. The van der Waals surface area contributed by atoms with Gasteiger partial charge in [0.15, 0.2) is 25.0 Å². The smallest absolute Gasteiger partial charge is 0.303 e. The molecular weight excluding hydrogens is 561 g/mol. The Balaban J connectivity index is 1.74. The van der Waals surface area contributed by atoms with Gasteiger partial charge in [-0.1, -0.05) is 20.8 Å². The van der Waals surface area contributed by atoms with Crippen molar-refractivity contribution in [2.45, 2.75) is 156 Å². The molecule has 0 aromatic carbocycles. The van der Waals surface area contributed by atoms with E-state index in [2.05, 4.69) is 79.7 Å². The van der Waals surface area contributed by atoms with E-state index in [0.717, 1.165) is 12.8 Å². The maximum atomic E-state index is 11.5. The number of fused-ring (bicyclic) bond motifs is 5. The lowest BCUT2D eigenvalue weighted by Gasteiger charge is -2.66. The lowest BCUT2D eigenvalue weighted by molar-refractivity contribution is -0.199. The van der Waals surface area contributed by atoms with Gasteiger partial charge < -0.3 is 18.4 Å². The Hall–Kier alpha value is 0.000649. The fourth-order valence-electron chi connectivity index (χ4n) is 10.4. The van der Waals surface area contributed by atoms with Crippen LogP contribution in [0.25, 0.3) is 0 Å². The van der Waals surface area contributed by atoms with Gasteiger partial charge in [-0.05, 0) is 157 Å². The highest BCUT2D eigenvalue weighted by Gasteiger charge is 2.67. The molecule has 0 saturated heterocycles. The van der Waals surface area contributed by atoms with Crippen LogP contribution in [0.2, 0.25) is 58.9 Å². The highest BCUT2D eigenvalue weighted by Crippen LogP contribution is 2.69. The Morgan fingerprint density at radius 3 is 2.00 bits per heavy atom. The molecule has 238 valence electrons. The number of hydrogen-bond donors (Lipinski definition) is 1. The van der Waals surface area contributed by atoms with Crippen molar-refractivity contribution in [1.82, 2.24) is 0 Å². The second kappa shape index (κ2) is 11.7. The van der Waals surface area contributed by atoms with Crippen LogP contribution in [0.4, 0.5) is 0 Å². The summed E-state index contributed by atoms with van der Waals surface area (Å²) in [5.74, 6) is 2.64. The average molecular weight is 625 g/mol. The number of hydrogen-bond acceptors (Lipinski definition) is 4. The molecule has 11 atom stereocenters. The summed E-state index contributed by atoms with van der Waals surface area (Å²) in [6, 6.07) is 0. The van der Waals surface area contributed by atoms with Crippen LogP contribution in [0, 0.1) is 46.3 Å². The first-order valence-corrected chi connectivity index (χ1v) is 27.1. The lowest BCUT2D eigenvalue weighted by atomic mass is 9.43. The standard InChI is InChI=1S/C33H64O5Si3/c1-22(13-16-30(34)35)25-14-15-26-31-27(21-29(33(25,26)3)38-41(10,11)12)32(2)18-17-24(36-39(4,5)6)19-23(32)20-28(31)37-40(7,8)9/h22-29,31H,13-21H2,1-12H3,(H,34,35)/t22-,23+,24-,25-,26+,27+,28-,29+,31+,32+,33-/m1/s1. The minimum absolute atomic E-state index is 0.0712. The Kier molecular flexibility index (Phi) is 9.70. The van der Waals surface area contributed by atoms with E-state index < -0.39 is 30.9 Å². The van der Waals surface area contributed by atoms with Crippen molar-refractivity contribution < 1.29 is 23.2 Å². The maximum absolute atomic E-state index is 11.5. The van der Waals surface area contributed by atoms with Gasteiger partial charge in [0, 0.05) is 18.6 Å². The Morgan fingerprint density at radius 2 is 1.44 bits per heavy atom. The topological polar surface area (TPSA) is 65.0 Å². The molecule has 0 unspecified atom stereocenters. The maximum Gasteiger partial charge on any atom is 0.303 e. The molecule has 0 bridgehead atoms. The third kappa shape index (κ3) is 7.29. The van der Waals surface area contributed by atoms with Crippen LogP contribution in [-0.4, -0.2) is 54.3 Å². The molecule has 41 heavy (non-hydrogen) atoms. The third-order valence-corrected chi connectivity index (χ3v) is 14.8. The molecule has 4 saturated carbocycles. The quantitative estimate of drug-likeness (QED) is 0.246. The predicted molar refractivity (Wildman–Crippen MR) is 177 cm³/mol. The van der Waals surface area contributed by atoms with Gasteiger partial charge in [0.1, 0.15) is 0 Å². The van der Waals surface area contributed by atoms with Crippen molar-refractivity contribution in [2.75, 3.05) is 0 Å². The highest BCUT2D eigenvalue weighted by atomic mass is 28.4. The van der Waals surface area contributed by atoms with Crippen molar-refractivity contribution in [2.24, 2.45) is 46.3 Å². The SMILES string of the molecule is C[C@H](CCC(=O)O)[C@H]1CC[C@H]2[C@@H]3[C@H](O[Si](C)(C)C)C[C@@H]4C[C@H](O[Si](C)(C)C)CC[C@]4(C)[C@H]3C[C@H](O[Si](C)(C)C)[C@]12C. The number of aliphatic carboxylic acids is 1. The van der Waals surface area contributed by atoms with Crippen molar-refractivity contribution in [3.05, 3.63) is 0 Å². The molecule has 5 nitrogen and oxygen atoms in total. The number of rotatable bonds is 10. The van der Waals surface area contributed by atoms with Crippen LogP contribution in [0.5, 0.6) is 0 Å². The summed E-state index contributed by atoms with van der Waals surface area (Å²) >= 11 is 0. The fourth-order valence-corrected chi connectivity index (χ4v) is 14.0. The van der Waals surface area contributed by atoms with Gasteiger partial charge in [-0.25, -0.2) is 0 Å². The molecule has 0 heterocycles. The molecule has 1 N–H and O–H groups in total. The summed E-state index contributed by atoms with van der Waals surface area (Å²) in [7, 11) is -5.15. The second-order valence-corrected chi connectivity index (χ2v) is 31.4. The minimum Gasteiger partial charge on any atom is -0.481 e. The van der Waals surface area contributed by atoms with E-state index in [9.17, 15) is 9.90 Å².